The molecule has 2 rings (SSSR count). The molecule has 20 heavy (non-hydrogen) atoms. The number of carbonyl (C=O) groups is 2. The molecule has 1 saturated carbocycles. The quantitative estimate of drug-likeness (QED) is 0.828. The smallest absolute Gasteiger partial charge is 0.326 e. The van der Waals surface area contributed by atoms with Gasteiger partial charge in [-0.3, -0.25) is 4.79 Å². The number of aryl methyl sites for hydroxylation is 2. The summed E-state index contributed by atoms with van der Waals surface area (Å²) < 4.78 is 5.09. The number of carboxylic acids is 1. The highest BCUT2D eigenvalue weighted by molar-refractivity contribution is 5.84. The summed E-state index contributed by atoms with van der Waals surface area (Å²) in [5.41, 5.74) is 1.71. The van der Waals surface area contributed by atoms with Crippen molar-refractivity contribution < 1.29 is 19.2 Å². The predicted octanol–water partition coefficient (Wildman–Crippen LogP) is 1.76. The Morgan fingerprint density at radius 2 is 2.10 bits per heavy atom. The summed E-state index contributed by atoms with van der Waals surface area (Å²) in [4.78, 5) is 23.1. The van der Waals surface area contributed by atoms with E-state index in [9.17, 15) is 9.59 Å². The van der Waals surface area contributed by atoms with Gasteiger partial charge in [0.05, 0.1) is 5.69 Å². The molecular weight excluding hydrogens is 260 g/mol. The Labute approximate surface area is 117 Å². The topological polar surface area (TPSA) is 92.4 Å². The van der Waals surface area contributed by atoms with Crippen molar-refractivity contribution in [2.24, 2.45) is 5.92 Å². The largest absolute Gasteiger partial charge is 0.480 e. The lowest BCUT2D eigenvalue weighted by Gasteiger charge is -2.16. The number of rotatable bonds is 6. The summed E-state index contributed by atoms with van der Waals surface area (Å²) in [6, 6.07) is -0.751. The maximum absolute atomic E-state index is 12.0. The maximum atomic E-state index is 12.0. The molecule has 1 fully saturated rings. The summed E-state index contributed by atoms with van der Waals surface area (Å²) >= 11 is 0. The lowest BCUT2D eigenvalue weighted by molar-refractivity contribution is -0.142. The van der Waals surface area contributed by atoms with Crippen LogP contribution in [0.3, 0.4) is 0 Å². The first-order valence-electron chi connectivity index (χ1n) is 6.85. The number of carboxylic acid groups (broad SMARTS) is 1. The molecule has 2 N–H and O–H groups in total. The minimum atomic E-state index is -0.953. The van der Waals surface area contributed by atoms with Crippen LogP contribution in [0, 0.1) is 19.8 Å². The van der Waals surface area contributed by atoms with E-state index in [1.807, 2.05) is 20.8 Å². The molecule has 0 bridgehead atoms. The van der Waals surface area contributed by atoms with Crippen LogP contribution in [-0.2, 0) is 9.59 Å². The predicted molar refractivity (Wildman–Crippen MR) is 71.3 cm³/mol. The van der Waals surface area contributed by atoms with Crippen molar-refractivity contribution in [1.29, 1.82) is 0 Å². The van der Waals surface area contributed by atoms with Gasteiger partial charge >= 0.3 is 5.97 Å². The van der Waals surface area contributed by atoms with Crippen LogP contribution in [0.15, 0.2) is 4.52 Å². The van der Waals surface area contributed by atoms with Crippen LogP contribution in [0.5, 0.6) is 0 Å². The molecular formula is C14H20N2O4. The Bertz CT molecular complexity index is 500. The van der Waals surface area contributed by atoms with Crippen LogP contribution in [0.2, 0.25) is 0 Å². The molecule has 110 valence electrons. The SMILES string of the molecule is Cc1noc(C)c1C(C)CC(=O)NC(C(=O)O)C1CC1. The minimum absolute atomic E-state index is 0.0464. The van der Waals surface area contributed by atoms with Gasteiger partial charge in [0, 0.05) is 12.0 Å². The van der Waals surface area contributed by atoms with E-state index in [0.29, 0.717) is 5.76 Å². The molecule has 1 aromatic heterocycles. The number of hydrogen-bond acceptors (Lipinski definition) is 4. The van der Waals surface area contributed by atoms with E-state index >= 15 is 0 Å². The van der Waals surface area contributed by atoms with Gasteiger partial charge in [-0.25, -0.2) is 4.79 Å². The first-order chi connectivity index (χ1) is 9.40. The summed E-state index contributed by atoms with van der Waals surface area (Å²) in [6.07, 6.45) is 1.98. The van der Waals surface area contributed by atoms with E-state index in [-0.39, 0.29) is 24.2 Å². The van der Waals surface area contributed by atoms with Crippen molar-refractivity contribution in [2.75, 3.05) is 0 Å². The number of aliphatic carboxylic acids is 1. The van der Waals surface area contributed by atoms with Crippen LogP contribution in [0.25, 0.3) is 0 Å². The normalized spacial score (nSPS) is 17.6. The van der Waals surface area contributed by atoms with Crippen molar-refractivity contribution in [3.05, 3.63) is 17.0 Å². The first-order valence-corrected chi connectivity index (χ1v) is 6.85. The van der Waals surface area contributed by atoms with E-state index in [1.165, 1.54) is 0 Å². The van der Waals surface area contributed by atoms with Crippen LogP contribution in [0.1, 0.15) is 49.1 Å². The lowest BCUT2D eigenvalue weighted by atomic mass is 9.95. The fourth-order valence-electron chi connectivity index (χ4n) is 2.62. The van der Waals surface area contributed by atoms with Crippen molar-refractivity contribution in [2.45, 2.75) is 52.0 Å². The Morgan fingerprint density at radius 3 is 2.55 bits per heavy atom. The van der Waals surface area contributed by atoms with Gasteiger partial charge in [-0.15, -0.1) is 0 Å². The van der Waals surface area contributed by atoms with Crippen LogP contribution >= 0.6 is 0 Å². The third kappa shape index (κ3) is 3.18. The van der Waals surface area contributed by atoms with Gasteiger partial charge in [-0.05, 0) is 38.5 Å². The zero-order valence-electron chi connectivity index (χ0n) is 12.0. The molecule has 1 amide bonds. The summed E-state index contributed by atoms with van der Waals surface area (Å²) in [5, 5.41) is 15.6. The fourth-order valence-corrected chi connectivity index (χ4v) is 2.62. The molecule has 0 aliphatic heterocycles. The van der Waals surface area contributed by atoms with Crippen LogP contribution in [-0.4, -0.2) is 28.2 Å². The number of carbonyl (C=O) groups excluding carboxylic acids is 1. The molecule has 0 radical (unpaired) electrons. The molecule has 1 heterocycles. The molecule has 0 spiro atoms. The number of nitrogens with one attached hydrogen (secondary N) is 1. The van der Waals surface area contributed by atoms with Gasteiger partial charge in [-0.1, -0.05) is 12.1 Å². The Morgan fingerprint density at radius 1 is 1.45 bits per heavy atom. The number of hydrogen-bond donors (Lipinski definition) is 2. The van der Waals surface area contributed by atoms with Crippen molar-refractivity contribution in [3.63, 3.8) is 0 Å². The molecule has 2 unspecified atom stereocenters. The van der Waals surface area contributed by atoms with Gasteiger partial charge < -0.3 is 14.9 Å². The zero-order chi connectivity index (χ0) is 14.9. The van der Waals surface area contributed by atoms with E-state index in [0.717, 1.165) is 24.1 Å². The van der Waals surface area contributed by atoms with Gasteiger partial charge in [0.1, 0.15) is 11.8 Å². The van der Waals surface area contributed by atoms with Crippen molar-refractivity contribution >= 4 is 11.9 Å². The lowest BCUT2D eigenvalue weighted by Crippen LogP contribution is -2.42. The highest BCUT2D eigenvalue weighted by Crippen LogP contribution is 2.33. The monoisotopic (exact) mass is 280 g/mol. The van der Waals surface area contributed by atoms with E-state index in [1.54, 1.807) is 0 Å². The Balaban J connectivity index is 1.95. The third-order valence-electron chi connectivity index (χ3n) is 3.75. The van der Waals surface area contributed by atoms with Crippen LogP contribution < -0.4 is 5.32 Å². The average Bonchev–Trinajstić information content (AvgIpc) is 3.12. The van der Waals surface area contributed by atoms with E-state index < -0.39 is 12.0 Å². The second kappa shape index (κ2) is 5.64. The Hall–Kier alpha value is -1.85. The number of aromatic nitrogens is 1. The molecule has 6 nitrogen and oxygen atoms in total. The highest BCUT2D eigenvalue weighted by atomic mass is 16.5. The van der Waals surface area contributed by atoms with Gasteiger partial charge in [0.2, 0.25) is 5.91 Å². The molecule has 1 aliphatic carbocycles. The van der Waals surface area contributed by atoms with Gasteiger partial charge in [0.15, 0.2) is 0 Å². The van der Waals surface area contributed by atoms with Crippen molar-refractivity contribution in [3.8, 4) is 0 Å². The van der Waals surface area contributed by atoms with Gasteiger partial charge in [0.25, 0.3) is 0 Å². The van der Waals surface area contributed by atoms with E-state index in [4.69, 9.17) is 9.63 Å². The van der Waals surface area contributed by atoms with E-state index in [2.05, 4.69) is 10.5 Å². The maximum Gasteiger partial charge on any atom is 0.326 e. The molecule has 6 heteroatoms. The highest BCUT2D eigenvalue weighted by Gasteiger charge is 2.37. The average molecular weight is 280 g/mol. The summed E-state index contributed by atoms with van der Waals surface area (Å²) in [7, 11) is 0. The van der Waals surface area contributed by atoms with Gasteiger partial charge in [-0.2, -0.15) is 0 Å². The third-order valence-corrected chi connectivity index (χ3v) is 3.75. The molecule has 0 aromatic carbocycles. The fraction of sp³-hybridized carbons (Fsp3) is 0.643. The molecule has 1 aliphatic rings. The molecule has 1 aromatic rings. The standard InChI is InChI=1S/C14H20N2O4/c1-7(12-8(2)16-20-9(12)3)6-11(17)15-13(14(18)19)10-4-5-10/h7,10,13H,4-6H2,1-3H3,(H,15,17)(H,18,19). The second-order valence-corrected chi connectivity index (χ2v) is 5.56. The van der Waals surface area contributed by atoms with Crippen molar-refractivity contribution in [1.82, 2.24) is 10.5 Å². The summed E-state index contributed by atoms with van der Waals surface area (Å²) in [5.74, 6) is -0.442. The first kappa shape index (κ1) is 14.6. The number of nitrogens with zero attached hydrogens (tertiary/aromatic N) is 1. The molecule has 0 saturated heterocycles. The summed E-state index contributed by atoms with van der Waals surface area (Å²) in [6.45, 7) is 5.57. The zero-order valence-corrected chi connectivity index (χ0v) is 12.0. The van der Waals surface area contributed by atoms with Crippen LogP contribution in [0.4, 0.5) is 0 Å². The number of amides is 1. The second-order valence-electron chi connectivity index (χ2n) is 5.56. The minimum Gasteiger partial charge on any atom is -0.480 e. The molecule has 2 atom stereocenters. The Kier molecular flexibility index (Phi) is 4.11.